The number of hydrogen-bond donors (Lipinski definition) is 0. The van der Waals surface area contributed by atoms with Crippen molar-refractivity contribution in [2.24, 2.45) is 7.05 Å². The highest BCUT2D eigenvalue weighted by atomic mass is 35.5. The highest BCUT2D eigenvalue weighted by Crippen LogP contribution is 2.17. The normalized spacial score (nSPS) is 15.4. The van der Waals surface area contributed by atoms with Crippen molar-refractivity contribution in [3.8, 4) is 0 Å². The lowest BCUT2D eigenvalue weighted by Crippen LogP contribution is -2.50. The molecule has 25 heavy (non-hydrogen) atoms. The van der Waals surface area contributed by atoms with Gasteiger partial charge in [0.25, 0.3) is 5.91 Å². The van der Waals surface area contributed by atoms with Gasteiger partial charge in [-0.3, -0.25) is 19.2 Å². The maximum atomic E-state index is 13.2. The Morgan fingerprint density at radius 3 is 2.56 bits per heavy atom. The lowest BCUT2D eigenvalue weighted by molar-refractivity contribution is 0.0618. The average molecular weight is 365 g/mol. The first-order chi connectivity index (χ1) is 11.9. The third kappa shape index (κ3) is 4.05. The van der Waals surface area contributed by atoms with E-state index in [9.17, 15) is 14.0 Å². The number of Topliss-reactive ketones (excluding diaryl/α,β-unsaturated/α-hetero) is 1. The van der Waals surface area contributed by atoms with Gasteiger partial charge in [-0.2, -0.15) is 5.10 Å². The molecule has 1 aromatic carbocycles. The molecule has 0 saturated carbocycles. The number of ketones is 1. The molecule has 1 amide bonds. The minimum absolute atomic E-state index is 0.132. The number of amides is 1. The van der Waals surface area contributed by atoms with Crippen molar-refractivity contribution < 1.29 is 14.0 Å². The number of aryl methyl sites for hydroxylation is 1. The predicted molar refractivity (Wildman–Crippen MR) is 91.3 cm³/mol. The highest BCUT2D eigenvalue weighted by molar-refractivity contribution is 6.33. The molecule has 132 valence electrons. The second kappa shape index (κ2) is 7.33. The van der Waals surface area contributed by atoms with Gasteiger partial charge in [-0.05, 0) is 12.1 Å². The van der Waals surface area contributed by atoms with E-state index in [-0.39, 0.29) is 23.9 Å². The molecule has 1 aliphatic heterocycles. The summed E-state index contributed by atoms with van der Waals surface area (Å²) in [6, 6.07) is 5.68. The zero-order valence-corrected chi connectivity index (χ0v) is 14.5. The van der Waals surface area contributed by atoms with Gasteiger partial charge < -0.3 is 4.90 Å². The van der Waals surface area contributed by atoms with Crippen LogP contribution in [0.1, 0.15) is 20.8 Å². The molecule has 0 N–H and O–H groups in total. The van der Waals surface area contributed by atoms with E-state index >= 15 is 0 Å². The fourth-order valence-electron chi connectivity index (χ4n) is 2.82. The maximum absolute atomic E-state index is 13.2. The Hall–Kier alpha value is -2.25. The van der Waals surface area contributed by atoms with E-state index in [1.165, 1.54) is 22.9 Å². The zero-order chi connectivity index (χ0) is 18.0. The van der Waals surface area contributed by atoms with Gasteiger partial charge in [0.2, 0.25) is 0 Å². The van der Waals surface area contributed by atoms with Crippen molar-refractivity contribution in [3.63, 3.8) is 0 Å². The van der Waals surface area contributed by atoms with Crippen LogP contribution in [0.2, 0.25) is 5.02 Å². The van der Waals surface area contributed by atoms with Crippen LogP contribution in [-0.2, 0) is 7.05 Å². The van der Waals surface area contributed by atoms with Gasteiger partial charge in [0.15, 0.2) is 11.5 Å². The second-order valence-corrected chi connectivity index (χ2v) is 6.41. The van der Waals surface area contributed by atoms with E-state index in [1.54, 1.807) is 24.2 Å². The summed E-state index contributed by atoms with van der Waals surface area (Å²) in [7, 11) is 1.71. The Bertz CT molecular complexity index is 800. The topological polar surface area (TPSA) is 58.4 Å². The highest BCUT2D eigenvalue weighted by Gasteiger charge is 2.26. The Morgan fingerprint density at radius 2 is 1.96 bits per heavy atom. The minimum Gasteiger partial charge on any atom is -0.335 e. The quantitative estimate of drug-likeness (QED) is 0.777. The molecule has 0 radical (unpaired) electrons. The summed E-state index contributed by atoms with van der Waals surface area (Å²) in [4.78, 5) is 28.3. The average Bonchev–Trinajstić information content (AvgIpc) is 2.93. The van der Waals surface area contributed by atoms with Gasteiger partial charge >= 0.3 is 0 Å². The second-order valence-electron chi connectivity index (χ2n) is 6.00. The zero-order valence-electron chi connectivity index (χ0n) is 13.8. The first kappa shape index (κ1) is 17.6. The minimum atomic E-state index is -0.423. The van der Waals surface area contributed by atoms with Crippen LogP contribution in [0.4, 0.5) is 4.39 Å². The van der Waals surface area contributed by atoms with E-state index in [4.69, 9.17) is 11.6 Å². The molecule has 1 aliphatic rings. The van der Waals surface area contributed by atoms with Crippen LogP contribution in [-0.4, -0.2) is 64.0 Å². The van der Waals surface area contributed by atoms with Crippen LogP contribution in [0.5, 0.6) is 0 Å². The van der Waals surface area contributed by atoms with Crippen molar-refractivity contribution in [3.05, 3.63) is 52.6 Å². The Balaban J connectivity index is 1.56. The molecule has 1 aromatic heterocycles. The van der Waals surface area contributed by atoms with E-state index in [1.807, 2.05) is 4.90 Å². The molecule has 1 fully saturated rings. The monoisotopic (exact) mass is 364 g/mol. The summed E-state index contributed by atoms with van der Waals surface area (Å²) in [5, 5.41) is 4.42. The van der Waals surface area contributed by atoms with Crippen LogP contribution in [0, 0.1) is 5.82 Å². The molecule has 8 heteroatoms. The third-order valence-electron chi connectivity index (χ3n) is 4.16. The number of piperazine rings is 1. The van der Waals surface area contributed by atoms with Crippen LogP contribution < -0.4 is 0 Å². The molecule has 0 spiro atoms. The molecule has 0 bridgehead atoms. The number of aromatic nitrogens is 2. The van der Waals surface area contributed by atoms with Gasteiger partial charge in [-0.15, -0.1) is 0 Å². The molecule has 0 atom stereocenters. The standard InChI is InChI=1S/C17H18ClFN4O2/c1-21-10-14(18)16(20-21)17(25)23-7-5-22(6-8-23)11-15(24)12-3-2-4-13(19)9-12/h2-4,9-10H,5-8,11H2,1H3. The smallest absolute Gasteiger partial charge is 0.276 e. The number of benzene rings is 1. The van der Waals surface area contributed by atoms with Gasteiger partial charge in [0, 0.05) is 45.0 Å². The van der Waals surface area contributed by atoms with Crippen molar-refractivity contribution in [2.75, 3.05) is 32.7 Å². The SMILES string of the molecule is Cn1cc(Cl)c(C(=O)N2CCN(CC(=O)c3cccc(F)c3)CC2)n1. The van der Waals surface area contributed by atoms with Crippen molar-refractivity contribution in [1.82, 2.24) is 19.6 Å². The van der Waals surface area contributed by atoms with Crippen molar-refractivity contribution in [2.45, 2.75) is 0 Å². The molecule has 2 aromatic rings. The van der Waals surface area contributed by atoms with Crippen molar-refractivity contribution in [1.29, 1.82) is 0 Å². The molecular formula is C17H18ClFN4O2. The Kier molecular flexibility index (Phi) is 5.15. The number of halogens is 2. The molecule has 0 aliphatic carbocycles. The molecule has 3 rings (SSSR count). The van der Waals surface area contributed by atoms with E-state index in [0.717, 1.165) is 0 Å². The van der Waals surface area contributed by atoms with Gasteiger partial charge in [0.1, 0.15) is 5.82 Å². The molecular weight excluding hydrogens is 347 g/mol. The Morgan fingerprint density at radius 1 is 1.24 bits per heavy atom. The summed E-state index contributed by atoms with van der Waals surface area (Å²) < 4.78 is 14.7. The van der Waals surface area contributed by atoms with Crippen LogP contribution in [0.25, 0.3) is 0 Å². The lowest BCUT2D eigenvalue weighted by atomic mass is 10.1. The molecule has 0 unspecified atom stereocenters. The molecule has 6 nitrogen and oxygen atoms in total. The maximum Gasteiger partial charge on any atom is 0.276 e. The summed E-state index contributed by atoms with van der Waals surface area (Å²) in [5.74, 6) is -0.762. The number of hydrogen-bond acceptors (Lipinski definition) is 4. The van der Waals surface area contributed by atoms with Crippen LogP contribution >= 0.6 is 11.6 Å². The van der Waals surface area contributed by atoms with Crippen LogP contribution in [0.15, 0.2) is 30.5 Å². The summed E-state index contributed by atoms with van der Waals surface area (Å²) >= 11 is 6.02. The lowest BCUT2D eigenvalue weighted by Gasteiger charge is -2.34. The van der Waals surface area contributed by atoms with Gasteiger partial charge in [-0.25, -0.2) is 4.39 Å². The summed E-state index contributed by atoms with van der Waals surface area (Å²) in [5.41, 5.74) is 0.604. The number of rotatable bonds is 4. The molecule has 2 heterocycles. The van der Waals surface area contributed by atoms with E-state index in [2.05, 4.69) is 5.10 Å². The first-order valence-corrected chi connectivity index (χ1v) is 8.31. The van der Waals surface area contributed by atoms with Crippen molar-refractivity contribution >= 4 is 23.3 Å². The van der Waals surface area contributed by atoms with Gasteiger partial charge in [0.05, 0.1) is 11.6 Å². The third-order valence-corrected chi connectivity index (χ3v) is 4.44. The van der Waals surface area contributed by atoms with Gasteiger partial charge in [-0.1, -0.05) is 23.7 Å². The van der Waals surface area contributed by atoms with E-state index in [0.29, 0.717) is 36.8 Å². The predicted octanol–water partition coefficient (Wildman–Crippen LogP) is 1.85. The molecule has 1 saturated heterocycles. The number of carbonyl (C=O) groups excluding carboxylic acids is 2. The largest absolute Gasteiger partial charge is 0.335 e. The van der Waals surface area contributed by atoms with Crippen LogP contribution in [0.3, 0.4) is 0 Å². The number of carbonyl (C=O) groups is 2. The fraction of sp³-hybridized carbons (Fsp3) is 0.353. The summed E-state index contributed by atoms with van der Waals surface area (Å²) in [6.45, 7) is 2.31. The number of nitrogens with zero attached hydrogens (tertiary/aromatic N) is 4. The first-order valence-electron chi connectivity index (χ1n) is 7.93. The summed E-state index contributed by atoms with van der Waals surface area (Å²) in [6.07, 6.45) is 1.59. The fourth-order valence-corrected chi connectivity index (χ4v) is 3.08. The Labute approximate surface area is 149 Å². The van der Waals surface area contributed by atoms with E-state index < -0.39 is 5.82 Å².